The van der Waals surface area contributed by atoms with Crippen molar-refractivity contribution in [2.24, 2.45) is 5.41 Å². The highest BCUT2D eigenvalue weighted by atomic mass is 16.5. The Hall–Kier alpha value is -4.14. The Morgan fingerprint density at radius 2 is 1.65 bits per heavy atom. The van der Waals surface area contributed by atoms with Gasteiger partial charge in [-0.15, -0.1) is 0 Å². The summed E-state index contributed by atoms with van der Waals surface area (Å²) in [5, 5.41) is 0. The number of hydrogen-bond donors (Lipinski definition) is 0. The number of carbonyl (C=O) groups is 2. The first kappa shape index (κ1) is 24.5. The van der Waals surface area contributed by atoms with E-state index in [0.717, 1.165) is 24.9 Å². The highest BCUT2D eigenvalue weighted by molar-refractivity contribution is 5.98. The second-order valence-electron chi connectivity index (χ2n) is 9.56. The Labute approximate surface area is 216 Å². The number of nitrogens with zero attached hydrogens (tertiary/aromatic N) is 5. The molecule has 192 valence electrons. The quantitative estimate of drug-likeness (QED) is 0.481. The van der Waals surface area contributed by atoms with Gasteiger partial charge in [0.25, 0.3) is 5.91 Å². The summed E-state index contributed by atoms with van der Waals surface area (Å²) in [6, 6.07) is 11.8. The van der Waals surface area contributed by atoms with Crippen LogP contribution >= 0.6 is 0 Å². The molecule has 0 saturated carbocycles. The van der Waals surface area contributed by atoms with Crippen molar-refractivity contribution in [2.75, 3.05) is 40.4 Å². The van der Waals surface area contributed by atoms with Crippen LogP contribution in [0.4, 0.5) is 0 Å². The molecule has 0 atom stereocenters. The average molecular weight is 502 g/mol. The molecule has 3 aromatic rings. The molecule has 1 spiro atoms. The van der Waals surface area contributed by atoms with Crippen molar-refractivity contribution in [1.82, 2.24) is 24.3 Å². The van der Waals surface area contributed by atoms with E-state index in [1.165, 1.54) is 14.2 Å². The summed E-state index contributed by atoms with van der Waals surface area (Å²) in [6.07, 6.45) is 11.4. The van der Waals surface area contributed by atoms with Crippen LogP contribution in [0, 0.1) is 5.41 Å². The van der Waals surface area contributed by atoms with Gasteiger partial charge < -0.3 is 23.8 Å². The molecule has 9 heteroatoms. The smallest absolute Gasteiger partial charge is 0.319 e. The van der Waals surface area contributed by atoms with Crippen LogP contribution in [0.5, 0.6) is 11.9 Å². The lowest BCUT2D eigenvalue weighted by Crippen LogP contribution is -2.44. The third-order valence-corrected chi connectivity index (χ3v) is 7.42. The van der Waals surface area contributed by atoms with E-state index in [-0.39, 0.29) is 23.2 Å². The molecule has 0 N–H and O–H groups in total. The van der Waals surface area contributed by atoms with Crippen LogP contribution in [0.25, 0.3) is 11.8 Å². The molecule has 2 saturated heterocycles. The average Bonchev–Trinajstić information content (AvgIpc) is 3.63. The Morgan fingerprint density at radius 1 is 0.946 bits per heavy atom. The molecule has 0 unspecified atom stereocenters. The molecule has 4 heterocycles. The number of hydrogen-bond acceptors (Lipinski definition) is 6. The highest BCUT2D eigenvalue weighted by Gasteiger charge is 2.42. The minimum Gasteiger partial charge on any atom is -0.480 e. The van der Waals surface area contributed by atoms with Crippen molar-refractivity contribution in [3.63, 3.8) is 0 Å². The van der Waals surface area contributed by atoms with E-state index < -0.39 is 0 Å². The standard InChI is InChI=1S/C28H31N5O4/c1-36-25-21(19-29-27(30-25)37-2)9-10-24(34)33-18-13-28(20-33)11-16-32(17-12-28)26(35)22-7-3-4-8-23(22)31-14-5-6-15-31/h3-10,14-15,19H,11-13,16-18,20H2,1-2H3. The zero-order valence-electron chi connectivity index (χ0n) is 21.2. The normalized spacial score (nSPS) is 16.9. The monoisotopic (exact) mass is 501 g/mol. The summed E-state index contributed by atoms with van der Waals surface area (Å²) in [4.78, 5) is 38.4. The third-order valence-electron chi connectivity index (χ3n) is 7.42. The van der Waals surface area contributed by atoms with E-state index in [1.807, 2.05) is 63.2 Å². The van der Waals surface area contributed by atoms with Crippen LogP contribution in [0.1, 0.15) is 35.2 Å². The number of methoxy groups -OCH3 is 2. The minimum absolute atomic E-state index is 0.0473. The van der Waals surface area contributed by atoms with Crippen LogP contribution in [-0.2, 0) is 4.79 Å². The molecule has 2 aliphatic rings. The first-order chi connectivity index (χ1) is 18.0. The molecular formula is C28H31N5O4. The predicted molar refractivity (Wildman–Crippen MR) is 139 cm³/mol. The number of rotatable bonds is 6. The van der Waals surface area contributed by atoms with Crippen molar-refractivity contribution < 1.29 is 19.1 Å². The fourth-order valence-corrected chi connectivity index (χ4v) is 5.26. The molecule has 0 aliphatic carbocycles. The molecule has 2 amide bonds. The zero-order chi connectivity index (χ0) is 25.8. The number of benzene rings is 1. The largest absolute Gasteiger partial charge is 0.480 e. The summed E-state index contributed by atoms with van der Waals surface area (Å²) >= 11 is 0. The van der Waals surface area contributed by atoms with Gasteiger partial charge in [0, 0.05) is 50.8 Å². The van der Waals surface area contributed by atoms with Gasteiger partial charge in [-0.2, -0.15) is 4.98 Å². The van der Waals surface area contributed by atoms with Gasteiger partial charge in [0.2, 0.25) is 11.8 Å². The van der Waals surface area contributed by atoms with Gasteiger partial charge >= 0.3 is 6.01 Å². The fraction of sp³-hybridized carbons (Fsp3) is 0.357. The van der Waals surface area contributed by atoms with E-state index in [9.17, 15) is 9.59 Å². The maximum atomic E-state index is 13.4. The number of likely N-dealkylation sites (tertiary alicyclic amines) is 2. The molecule has 9 nitrogen and oxygen atoms in total. The molecule has 2 fully saturated rings. The second kappa shape index (κ2) is 10.5. The fourth-order valence-electron chi connectivity index (χ4n) is 5.26. The van der Waals surface area contributed by atoms with Crippen molar-refractivity contribution in [2.45, 2.75) is 19.3 Å². The number of ether oxygens (including phenoxy) is 2. The second-order valence-corrected chi connectivity index (χ2v) is 9.56. The Balaban J connectivity index is 1.20. The van der Waals surface area contributed by atoms with Gasteiger partial charge in [-0.3, -0.25) is 9.59 Å². The Morgan fingerprint density at radius 3 is 2.35 bits per heavy atom. The van der Waals surface area contributed by atoms with Gasteiger partial charge in [-0.25, -0.2) is 4.98 Å². The van der Waals surface area contributed by atoms with Gasteiger partial charge in [0.1, 0.15) is 0 Å². The molecular weight excluding hydrogens is 470 g/mol. The summed E-state index contributed by atoms with van der Waals surface area (Å²) in [5.74, 6) is 0.363. The summed E-state index contributed by atoms with van der Waals surface area (Å²) in [5.41, 5.74) is 2.26. The van der Waals surface area contributed by atoms with E-state index >= 15 is 0 Å². The van der Waals surface area contributed by atoms with Crippen molar-refractivity contribution in [3.8, 4) is 17.6 Å². The molecule has 37 heavy (non-hydrogen) atoms. The van der Waals surface area contributed by atoms with E-state index in [4.69, 9.17) is 9.47 Å². The van der Waals surface area contributed by atoms with E-state index in [1.54, 1.807) is 18.3 Å². The number of aromatic nitrogens is 3. The van der Waals surface area contributed by atoms with Gasteiger partial charge in [-0.1, -0.05) is 12.1 Å². The lowest BCUT2D eigenvalue weighted by molar-refractivity contribution is -0.125. The lowest BCUT2D eigenvalue weighted by Gasteiger charge is -2.39. The van der Waals surface area contributed by atoms with Crippen LogP contribution in [-0.4, -0.2) is 76.5 Å². The first-order valence-corrected chi connectivity index (χ1v) is 12.5. The van der Waals surface area contributed by atoms with E-state index in [0.29, 0.717) is 43.2 Å². The Bertz CT molecular complexity index is 1300. The molecule has 2 aliphatic heterocycles. The topological polar surface area (TPSA) is 89.8 Å². The number of amides is 2. The highest BCUT2D eigenvalue weighted by Crippen LogP contribution is 2.41. The van der Waals surface area contributed by atoms with Crippen LogP contribution in [0.3, 0.4) is 0 Å². The number of carbonyl (C=O) groups excluding carboxylic acids is 2. The number of piperidine rings is 1. The van der Waals surface area contributed by atoms with Gasteiger partial charge in [0.15, 0.2) is 0 Å². The maximum Gasteiger partial charge on any atom is 0.319 e. The molecule has 1 aromatic carbocycles. The van der Waals surface area contributed by atoms with Crippen molar-refractivity contribution in [1.29, 1.82) is 0 Å². The SMILES string of the molecule is COc1ncc(C=CC(=O)N2CCC3(CCN(C(=O)c4ccccc4-n4cccc4)CC3)C2)c(OC)n1. The van der Waals surface area contributed by atoms with E-state index in [2.05, 4.69) is 9.97 Å². The minimum atomic E-state index is -0.0473. The molecule has 0 radical (unpaired) electrons. The molecule has 0 bridgehead atoms. The first-order valence-electron chi connectivity index (χ1n) is 12.5. The predicted octanol–water partition coefficient (Wildman–Crippen LogP) is 3.45. The van der Waals surface area contributed by atoms with Crippen molar-refractivity contribution >= 4 is 17.9 Å². The van der Waals surface area contributed by atoms with Crippen molar-refractivity contribution in [3.05, 3.63) is 72.2 Å². The lowest BCUT2D eigenvalue weighted by atomic mass is 9.77. The zero-order valence-corrected chi connectivity index (χ0v) is 21.2. The van der Waals surface area contributed by atoms with Gasteiger partial charge in [-0.05, 0) is 55.0 Å². The van der Waals surface area contributed by atoms with Crippen LogP contribution < -0.4 is 9.47 Å². The number of para-hydroxylation sites is 1. The summed E-state index contributed by atoms with van der Waals surface area (Å²) < 4.78 is 12.3. The Kier molecular flexibility index (Phi) is 6.94. The molecule has 2 aromatic heterocycles. The van der Waals surface area contributed by atoms with Crippen LogP contribution in [0.2, 0.25) is 0 Å². The third kappa shape index (κ3) is 5.07. The van der Waals surface area contributed by atoms with Gasteiger partial charge in [0.05, 0.1) is 31.0 Å². The maximum absolute atomic E-state index is 13.4. The summed E-state index contributed by atoms with van der Waals surface area (Å²) in [7, 11) is 3.00. The summed E-state index contributed by atoms with van der Waals surface area (Å²) in [6.45, 7) is 2.80. The molecule has 5 rings (SSSR count). The van der Waals surface area contributed by atoms with Crippen LogP contribution in [0.15, 0.2) is 61.1 Å².